The van der Waals surface area contributed by atoms with Crippen LogP contribution in [0.15, 0.2) is 6.20 Å². The summed E-state index contributed by atoms with van der Waals surface area (Å²) in [5, 5.41) is 4.13. The number of aromatic nitrogens is 4. The van der Waals surface area contributed by atoms with Crippen molar-refractivity contribution in [3.8, 4) is 0 Å². The Hall–Kier alpha value is -1.40. The Morgan fingerprint density at radius 1 is 1.60 bits per heavy atom. The Kier molecular flexibility index (Phi) is 2.45. The summed E-state index contributed by atoms with van der Waals surface area (Å²) in [7, 11) is 1.59. The van der Waals surface area contributed by atoms with Crippen molar-refractivity contribution in [1.82, 2.24) is 19.6 Å². The van der Waals surface area contributed by atoms with Crippen LogP contribution in [0.4, 0.5) is 5.69 Å². The summed E-state index contributed by atoms with van der Waals surface area (Å²) in [6.07, 6.45) is 1.32. The predicted molar refractivity (Wildman–Crippen MR) is 55.6 cm³/mol. The molecule has 6 nitrogen and oxygen atoms in total. The molecule has 15 heavy (non-hydrogen) atoms. The lowest BCUT2D eigenvalue weighted by atomic mass is 10.2. The Bertz CT molecular complexity index is 497. The zero-order valence-electron chi connectivity index (χ0n) is 8.31. The van der Waals surface area contributed by atoms with Gasteiger partial charge >= 0.3 is 0 Å². The highest BCUT2D eigenvalue weighted by atomic mass is 35.5. The van der Waals surface area contributed by atoms with Gasteiger partial charge in [0.05, 0.1) is 23.7 Å². The molecule has 7 heteroatoms. The lowest BCUT2D eigenvalue weighted by Gasteiger charge is -2.12. The molecule has 0 spiro atoms. The normalized spacial score (nSPS) is 13.3. The minimum absolute atomic E-state index is 0.137. The maximum absolute atomic E-state index is 5.80. The number of rotatable bonds is 2. The largest absolute Gasteiger partial charge is 0.396 e. The molecule has 80 valence electrons. The number of nitrogen functional groups attached to an aromatic ring is 1. The third-order valence-electron chi connectivity index (χ3n) is 2.15. The molecule has 0 amide bonds. The highest BCUT2D eigenvalue weighted by molar-refractivity contribution is 6.28. The molecule has 2 rings (SSSR count). The van der Waals surface area contributed by atoms with Gasteiger partial charge in [-0.25, -0.2) is 4.98 Å². The lowest BCUT2D eigenvalue weighted by Crippen LogP contribution is -2.10. The van der Waals surface area contributed by atoms with Gasteiger partial charge in [-0.2, -0.15) is 9.50 Å². The summed E-state index contributed by atoms with van der Waals surface area (Å²) in [5.74, 6) is 0.410. The molecular weight excluding hydrogens is 218 g/mol. The molecule has 0 aromatic carbocycles. The lowest BCUT2D eigenvalue weighted by molar-refractivity contribution is 0.114. The van der Waals surface area contributed by atoms with Crippen LogP contribution in [0.3, 0.4) is 0 Å². The number of fused-ring (bicyclic) bond motifs is 1. The van der Waals surface area contributed by atoms with Crippen molar-refractivity contribution >= 4 is 23.1 Å². The highest BCUT2D eigenvalue weighted by Crippen LogP contribution is 2.22. The molecule has 2 aromatic rings. The van der Waals surface area contributed by atoms with Crippen molar-refractivity contribution in [1.29, 1.82) is 0 Å². The first-order valence-corrected chi connectivity index (χ1v) is 4.70. The van der Waals surface area contributed by atoms with Gasteiger partial charge in [-0.3, -0.25) is 0 Å². The van der Waals surface area contributed by atoms with E-state index in [4.69, 9.17) is 22.1 Å². The van der Waals surface area contributed by atoms with Gasteiger partial charge in [-0.05, 0) is 18.5 Å². The van der Waals surface area contributed by atoms with E-state index < -0.39 is 0 Å². The number of hydrogen-bond donors (Lipinski definition) is 1. The van der Waals surface area contributed by atoms with Crippen molar-refractivity contribution < 1.29 is 4.74 Å². The standard InChI is InChI=1S/C8H10ClN5O/c1-4(15-2)6-5(10)3-11-8-12-7(9)13-14(6)8/h3-4H,10H2,1-2H3. The molecule has 0 saturated carbocycles. The van der Waals surface area contributed by atoms with Crippen molar-refractivity contribution in [2.45, 2.75) is 13.0 Å². The van der Waals surface area contributed by atoms with E-state index in [9.17, 15) is 0 Å². The summed E-state index contributed by atoms with van der Waals surface area (Å²) in [6, 6.07) is 0. The molecule has 0 aliphatic heterocycles. The van der Waals surface area contributed by atoms with Crippen molar-refractivity contribution in [2.24, 2.45) is 0 Å². The van der Waals surface area contributed by atoms with Gasteiger partial charge in [-0.15, -0.1) is 5.10 Å². The molecule has 0 aliphatic rings. The fourth-order valence-corrected chi connectivity index (χ4v) is 1.51. The second-order valence-electron chi connectivity index (χ2n) is 3.07. The molecule has 1 unspecified atom stereocenters. The highest BCUT2D eigenvalue weighted by Gasteiger charge is 2.16. The van der Waals surface area contributed by atoms with E-state index in [1.165, 1.54) is 10.7 Å². The quantitative estimate of drug-likeness (QED) is 0.830. The van der Waals surface area contributed by atoms with Gasteiger partial charge in [0.25, 0.3) is 5.78 Å². The summed E-state index contributed by atoms with van der Waals surface area (Å²) in [4.78, 5) is 7.93. The number of ether oxygens (including phenoxy) is 1. The van der Waals surface area contributed by atoms with Crippen molar-refractivity contribution in [3.05, 3.63) is 17.2 Å². The predicted octanol–water partition coefficient (Wildman–Crippen LogP) is 1.07. The molecule has 0 aliphatic carbocycles. The number of methoxy groups -OCH3 is 1. The average Bonchev–Trinajstić information content (AvgIpc) is 2.57. The van der Waals surface area contributed by atoms with Crippen LogP contribution in [0.25, 0.3) is 5.78 Å². The van der Waals surface area contributed by atoms with Crippen LogP contribution in [-0.4, -0.2) is 26.7 Å². The fraction of sp³-hybridized carbons (Fsp3) is 0.375. The van der Waals surface area contributed by atoms with E-state index in [-0.39, 0.29) is 11.4 Å². The first-order chi connectivity index (χ1) is 7.13. The molecule has 0 bridgehead atoms. The van der Waals surface area contributed by atoms with E-state index in [1.807, 2.05) is 6.92 Å². The van der Waals surface area contributed by atoms with Crippen LogP contribution in [0.1, 0.15) is 18.7 Å². The minimum atomic E-state index is -0.201. The van der Waals surface area contributed by atoms with E-state index >= 15 is 0 Å². The number of nitrogens with zero attached hydrogens (tertiary/aromatic N) is 4. The van der Waals surface area contributed by atoms with Gasteiger partial charge in [0.2, 0.25) is 5.28 Å². The van der Waals surface area contributed by atoms with E-state index in [1.54, 1.807) is 7.11 Å². The molecule has 0 fully saturated rings. The van der Waals surface area contributed by atoms with E-state index in [2.05, 4.69) is 15.1 Å². The minimum Gasteiger partial charge on any atom is -0.396 e. The summed E-state index contributed by atoms with van der Waals surface area (Å²) in [6.45, 7) is 1.86. The SMILES string of the molecule is COC(C)c1c(N)cnc2nc(Cl)nn12. The molecule has 2 heterocycles. The maximum Gasteiger partial charge on any atom is 0.253 e. The molecule has 0 saturated heterocycles. The summed E-state index contributed by atoms with van der Waals surface area (Å²) >= 11 is 5.69. The molecule has 2 N–H and O–H groups in total. The van der Waals surface area contributed by atoms with Crippen LogP contribution in [0.5, 0.6) is 0 Å². The molecular formula is C8H10ClN5O. The fourth-order valence-electron chi connectivity index (χ4n) is 1.36. The third-order valence-corrected chi connectivity index (χ3v) is 2.31. The zero-order valence-corrected chi connectivity index (χ0v) is 9.06. The van der Waals surface area contributed by atoms with Crippen molar-refractivity contribution in [2.75, 3.05) is 12.8 Å². The smallest absolute Gasteiger partial charge is 0.253 e. The Morgan fingerprint density at radius 2 is 2.33 bits per heavy atom. The van der Waals surface area contributed by atoms with Crippen LogP contribution >= 0.6 is 11.6 Å². The molecule has 0 radical (unpaired) electrons. The second-order valence-corrected chi connectivity index (χ2v) is 3.41. The number of nitrogens with two attached hydrogens (primary N) is 1. The Labute approximate surface area is 91.0 Å². The first-order valence-electron chi connectivity index (χ1n) is 4.33. The Balaban J connectivity index is 2.73. The first kappa shape index (κ1) is 10.1. The third kappa shape index (κ3) is 1.62. The summed E-state index contributed by atoms with van der Waals surface area (Å²) in [5.41, 5.74) is 6.99. The monoisotopic (exact) mass is 227 g/mol. The van der Waals surface area contributed by atoms with Crippen LogP contribution in [0.2, 0.25) is 5.28 Å². The second kappa shape index (κ2) is 3.63. The van der Waals surface area contributed by atoms with E-state index in [0.29, 0.717) is 17.2 Å². The topological polar surface area (TPSA) is 78.3 Å². The van der Waals surface area contributed by atoms with Gasteiger partial charge in [0, 0.05) is 7.11 Å². The number of anilines is 1. The van der Waals surface area contributed by atoms with Crippen LogP contribution in [0, 0.1) is 0 Å². The van der Waals surface area contributed by atoms with Gasteiger partial charge in [0.1, 0.15) is 0 Å². The Morgan fingerprint density at radius 3 is 3.00 bits per heavy atom. The van der Waals surface area contributed by atoms with Crippen LogP contribution in [-0.2, 0) is 4.74 Å². The summed E-state index contributed by atoms with van der Waals surface area (Å²) < 4.78 is 6.69. The maximum atomic E-state index is 5.80. The number of hydrogen-bond acceptors (Lipinski definition) is 5. The van der Waals surface area contributed by atoms with Gasteiger partial charge in [0.15, 0.2) is 0 Å². The number of halogens is 1. The van der Waals surface area contributed by atoms with Gasteiger partial charge in [-0.1, -0.05) is 0 Å². The average molecular weight is 228 g/mol. The van der Waals surface area contributed by atoms with E-state index in [0.717, 1.165) is 0 Å². The van der Waals surface area contributed by atoms with Crippen molar-refractivity contribution in [3.63, 3.8) is 0 Å². The molecule has 1 atom stereocenters. The van der Waals surface area contributed by atoms with Crippen LogP contribution < -0.4 is 5.73 Å². The zero-order chi connectivity index (χ0) is 11.0. The molecule has 2 aromatic heterocycles. The van der Waals surface area contributed by atoms with Gasteiger partial charge < -0.3 is 10.5 Å².